The first-order valence-corrected chi connectivity index (χ1v) is 9.56. The van der Waals surface area contributed by atoms with Gasteiger partial charge in [-0.3, -0.25) is 0 Å². The number of rotatable bonds is 15. The van der Waals surface area contributed by atoms with Crippen molar-refractivity contribution in [2.75, 3.05) is 6.54 Å². The van der Waals surface area contributed by atoms with Gasteiger partial charge in [-0.15, -0.1) is 0 Å². The van der Waals surface area contributed by atoms with Gasteiger partial charge in [0.1, 0.15) is 0 Å². The molecule has 0 amide bonds. The van der Waals surface area contributed by atoms with E-state index >= 15 is 0 Å². The highest BCUT2D eigenvalue weighted by atomic mass is 28.2. The third kappa shape index (κ3) is 16.2. The van der Waals surface area contributed by atoms with E-state index in [1.807, 2.05) is 0 Å². The van der Waals surface area contributed by atoms with Crippen LogP contribution >= 0.6 is 0 Å². The van der Waals surface area contributed by atoms with Crippen molar-refractivity contribution in [1.82, 2.24) is 4.98 Å². The minimum Gasteiger partial charge on any atom is -0.345 e. The molecular formula is C16H37NSi. The van der Waals surface area contributed by atoms with E-state index < -0.39 is 0 Å². The third-order valence-corrected chi connectivity index (χ3v) is 4.28. The van der Waals surface area contributed by atoms with Crippen LogP contribution in [-0.4, -0.2) is 16.9 Å². The summed E-state index contributed by atoms with van der Waals surface area (Å²) in [6, 6.07) is 0. The van der Waals surface area contributed by atoms with Crippen molar-refractivity contribution in [3.05, 3.63) is 0 Å². The van der Waals surface area contributed by atoms with E-state index in [1.165, 1.54) is 96.4 Å². The second-order valence-corrected chi connectivity index (χ2v) is 6.41. The summed E-state index contributed by atoms with van der Waals surface area (Å²) in [6.07, 6.45) is 20.4. The maximum absolute atomic E-state index is 3.35. The molecule has 0 aromatic carbocycles. The first kappa shape index (κ1) is 18.2. The maximum Gasteiger partial charge on any atom is 0.0749 e. The van der Waals surface area contributed by atoms with Gasteiger partial charge in [-0.2, -0.15) is 0 Å². The summed E-state index contributed by atoms with van der Waals surface area (Å²) in [5, 5.41) is 0. The Bertz CT molecular complexity index is 123. The van der Waals surface area contributed by atoms with Crippen molar-refractivity contribution in [2.24, 2.45) is 0 Å². The topological polar surface area (TPSA) is 12.0 Å². The van der Waals surface area contributed by atoms with Gasteiger partial charge in [0, 0.05) is 0 Å². The summed E-state index contributed by atoms with van der Waals surface area (Å²) < 4.78 is 0. The molecule has 18 heavy (non-hydrogen) atoms. The molecule has 110 valence electrons. The molecule has 0 aliphatic heterocycles. The van der Waals surface area contributed by atoms with E-state index in [4.69, 9.17) is 0 Å². The monoisotopic (exact) mass is 271 g/mol. The van der Waals surface area contributed by atoms with Crippen LogP contribution in [0.15, 0.2) is 0 Å². The molecule has 0 fully saturated rings. The minimum atomic E-state index is 1.16. The SMILES string of the molecule is CCCCCCCCCCCCCCCCN[SiH3]. The fourth-order valence-corrected chi connectivity index (χ4v) is 2.85. The van der Waals surface area contributed by atoms with Gasteiger partial charge in [-0.05, 0) is 13.0 Å². The van der Waals surface area contributed by atoms with Crippen molar-refractivity contribution in [2.45, 2.75) is 96.8 Å². The average molecular weight is 272 g/mol. The fraction of sp³-hybridized carbons (Fsp3) is 1.00. The zero-order valence-corrected chi connectivity index (χ0v) is 15.1. The number of hydrogen-bond acceptors (Lipinski definition) is 1. The quantitative estimate of drug-likeness (QED) is 0.345. The Morgan fingerprint density at radius 1 is 0.556 bits per heavy atom. The molecule has 0 aliphatic carbocycles. The summed E-state index contributed by atoms with van der Waals surface area (Å²) in [6.45, 7) is 3.55. The predicted molar refractivity (Wildman–Crippen MR) is 88.3 cm³/mol. The van der Waals surface area contributed by atoms with Crippen LogP contribution in [0.5, 0.6) is 0 Å². The van der Waals surface area contributed by atoms with Gasteiger partial charge in [0.2, 0.25) is 0 Å². The summed E-state index contributed by atoms with van der Waals surface area (Å²) in [4.78, 5) is 3.35. The predicted octanol–water partition coefficient (Wildman–Crippen LogP) is 4.34. The molecule has 0 saturated carbocycles. The smallest absolute Gasteiger partial charge is 0.0749 e. The van der Waals surface area contributed by atoms with Crippen LogP contribution in [0.4, 0.5) is 0 Å². The first-order valence-electron chi connectivity index (χ1n) is 8.56. The molecule has 0 aliphatic rings. The molecule has 2 heteroatoms. The standard InChI is InChI=1S/C16H37NSi/c1-2-3-4-5-6-7-8-9-10-11-12-13-14-15-16-17-18/h17H,2-16H2,1,18H3. The molecule has 0 atom stereocenters. The van der Waals surface area contributed by atoms with Crippen LogP contribution in [-0.2, 0) is 0 Å². The second-order valence-electron chi connectivity index (χ2n) is 5.70. The van der Waals surface area contributed by atoms with E-state index in [0.717, 1.165) is 10.4 Å². The van der Waals surface area contributed by atoms with Gasteiger partial charge < -0.3 is 4.98 Å². The van der Waals surface area contributed by atoms with E-state index in [9.17, 15) is 0 Å². The third-order valence-electron chi connectivity index (χ3n) is 3.78. The Balaban J connectivity index is 2.86. The molecule has 0 bridgehead atoms. The summed E-state index contributed by atoms with van der Waals surface area (Å²) in [5.41, 5.74) is 0. The molecule has 1 N–H and O–H groups in total. The largest absolute Gasteiger partial charge is 0.345 e. The highest BCUT2D eigenvalue weighted by Crippen LogP contribution is 2.12. The van der Waals surface area contributed by atoms with Crippen molar-refractivity contribution >= 4 is 10.4 Å². The molecule has 0 aromatic heterocycles. The summed E-state index contributed by atoms with van der Waals surface area (Å²) in [5.74, 6) is 0. The number of hydrogen-bond donors (Lipinski definition) is 1. The average Bonchev–Trinajstić information content (AvgIpc) is 2.39. The minimum absolute atomic E-state index is 1.16. The van der Waals surface area contributed by atoms with Crippen molar-refractivity contribution in [3.8, 4) is 0 Å². The van der Waals surface area contributed by atoms with Crippen LogP contribution in [0.2, 0.25) is 0 Å². The molecule has 0 unspecified atom stereocenters. The first-order chi connectivity index (χ1) is 8.91. The van der Waals surface area contributed by atoms with Gasteiger partial charge in [0.15, 0.2) is 0 Å². The van der Waals surface area contributed by atoms with E-state index in [0.29, 0.717) is 0 Å². The van der Waals surface area contributed by atoms with Gasteiger partial charge >= 0.3 is 0 Å². The zero-order valence-electron chi connectivity index (χ0n) is 13.1. The lowest BCUT2D eigenvalue weighted by Gasteiger charge is -2.03. The van der Waals surface area contributed by atoms with Gasteiger partial charge in [0.05, 0.1) is 10.4 Å². The molecule has 0 aromatic rings. The fourth-order valence-electron chi connectivity index (χ4n) is 2.50. The van der Waals surface area contributed by atoms with Crippen LogP contribution in [0, 0.1) is 0 Å². The Labute approximate surface area is 119 Å². The van der Waals surface area contributed by atoms with Crippen LogP contribution in [0.1, 0.15) is 96.8 Å². The maximum atomic E-state index is 3.35. The van der Waals surface area contributed by atoms with Crippen molar-refractivity contribution in [1.29, 1.82) is 0 Å². The highest BCUT2D eigenvalue weighted by Gasteiger charge is 1.93. The number of unbranched alkanes of at least 4 members (excludes halogenated alkanes) is 13. The van der Waals surface area contributed by atoms with Crippen LogP contribution < -0.4 is 4.98 Å². The molecule has 0 heterocycles. The second kappa shape index (κ2) is 17.2. The molecule has 0 spiro atoms. The Morgan fingerprint density at radius 2 is 0.889 bits per heavy atom. The van der Waals surface area contributed by atoms with Crippen molar-refractivity contribution in [3.63, 3.8) is 0 Å². The normalized spacial score (nSPS) is 11.2. The molecule has 0 saturated heterocycles. The lowest BCUT2D eigenvalue weighted by Crippen LogP contribution is -2.09. The van der Waals surface area contributed by atoms with Crippen molar-refractivity contribution < 1.29 is 0 Å². The van der Waals surface area contributed by atoms with E-state index in [2.05, 4.69) is 11.9 Å². The zero-order chi connectivity index (χ0) is 13.3. The Kier molecular flexibility index (Phi) is 17.3. The lowest BCUT2D eigenvalue weighted by molar-refractivity contribution is 0.535. The van der Waals surface area contributed by atoms with Gasteiger partial charge in [0.25, 0.3) is 0 Å². The van der Waals surface area contributed by atoms with Gasteiger partial charge in [-0.1, -0.05) is 90.4 Å². The Morgan fingerprint density at radius 3 is 1.22 bits per heavy atom. The van der Waals surface area contributed by atoms with E-state index in [1.54, 1.807) is 0 Å². The molecule has 0 radical (unpaired) electrons. The van der Waals surface area contributed by atoms with Crippen LogP contribution in [0.3, 0.4) is 0 Å². The lowest BCUT2D eigenvalue weighted by atomic mass is 10.0. The highest BCUT2D eigenvalue weighted by molar-refractivity contribution is 6.04. The van der Waals surface area contributed by atoms with Crippen LogP contribution in [0.25, 0.3) is 0 Å². The molecule has 1 nitrogen and oxygen atoms in total. The number of nitrogens with one attached hydrogen (secondary N) is 1. The summed E-state index contributed by atoms with van der Waals surface area (Å²) in [7, 11) is 1.16. The molecule has 0 rings (SSSR count). The summed E-state index contributed by atoms with van der Waals surface area (Å²) >= 11 is 0. The van der Waals surface area contributed by atoms with E-state index in [-0.39, 0.29) is 0 Å². The van der Waals surface area contributed by atoms with Gasteiger partial charge in [-0.25, -0.2) is 0 Å². The Hall–Kier alpha value is 0.177. The molecular weight excluding hydrogens is 234 g/mol.